The van der Waals surface area contributed by atoms with Crippen LogP contribution < -0.4 is 10.6 Å². The van der Waals surface area contributed by atoms with E-state index < -0.39 is 0 Å². The van der Waals surface area contributed by atoms with E-state index in [9.17, 15) is 0 Å². The van der Waals surface area contributed by atoms with Crippen molar-refractivity contribution in [1.29, 1.82) is 0 Å². The van der Waals surface area contributed by atoms with Gasteiger partial charge in [-0.3, -0.25) is 0 Å². The molecule has 0 radical (unpaired) electrons. The van der Waals surface area contributed by atoms with Crippen LogP contribution in [0.1, 0.15) is 30.9 Å². The molecule has 0 aromatic carbocycles. The third-order valence-corrected chi connectivity index (χ3v) is 3.81. The van der Waals surface area contributed by atoms with E-state index in [0.29, 0.717) is 11.8 Å². The summed E-state index contributed by atoms with van der Waals surface area (Å²) in [6.45, 7) is 2.90. The molecule has 86 valence electrons. The molecule has 0 spiro atoms. The highest BCUT2D eigenvalue weighted by atomic mass is 15.2. The van der Waals surface area contributed by atoms with Gasteiger partial charge in [0.15, 0.2) is 0 Å². The van der Waals surface area contributed by atoms with Crippen LogP contribution in [0.15, 0.2) is 12.4 Å². The van der Waals surface area contributed by atoms with Crippen LogP contribution in [-0.2, 0) is 0 Å². The van der Waals surface area contributed by atoms with E-state index in [1.807, 2.05) is 0 Å². The van der Waals surface area contributed by atoms with Crippen molar-refractivity contribution in [2.24, 2.45) is 11.7 Å². The summed E-state index contributed by atoms with van der Waals surface area (Å²) in [5.41, 5.74) is 6.85. The first-order valence-corrected chi connectivity index (χ1v) is 6.14. The molecule has 0 unspecified atom stereocenters. The molecule has 1 saturated carbocycles. The second kappa shape index (κ2) is 4.01. The summed E-state index contributed by atoms with van der Waals surface area (Å²) in [4.78, 5) is 11.0. The molecule has 2 heterocycles. The summed E-state index contributed by atoms with van der Waals surface area (Å²) in [6.07, 6.45) is 5.64. The Balaban J connectivity index is 1.70. The normalized spacial score (nSPS) is 21.7. The lowest BCUT2D eigenvalue weighted by Crippen LogP contribution is -2.50. The lowest BCUT2D eigenvalue weighted by atomic mass is 9.83. The van der Waals surface area contributed by atoms with Gasteiger partial charge in [-0.15, -0.1) is 0 Å². The molecule has 1 saturated heterocycles. The fraction of sp³-hybridized carbons (Fsp3) is 0.667. The van der Waals surface area contributed by atoms with E-state index in [1.165, 1.54) is 25.0 Å². The summed E-state index contributed by atoms with van der Waals surface area (Å²) in [6, 6.07) is 2.16. The quantitative estimate of drug-likeness (QED) is 0.826. The number of aromatic nitrogens is 2. The van der Waals surface area contributed by atoms with Crippen molar-refractivity contribution in [1.82, 2.24) is 9.97 Å². The topological polar surface area (TPSA) is 55.0 Å². The number of nitrogens with zero attached hydrogens (tertiary/aromatic N) is 3. The minimum atomic E-state index is 0.655. The fourth-order valence-corrected chi connectivity index (χ4v) is 2.37. The Morgan fingerprint density at radius 1 is 1.31 bits per heavy atom. The third-order valence-electron chi connectivity index (χ3n) is 3.81. The van der Waals surface area contributed by atoms with Crippen LogP contribution in [0.25, 0.3) is 0 Å². The van der Waals surface area contributed by atoms with Crippen molar-refractivity contribution in [3.63, 3.8) is 0 Å². The van der Waals surface area contributed by atoms with Gasteiger partial charge < -0.3 is 10.6 Å². The number of nitrogens with two attached hydrogens (primary N) is 1. The van der Waals surface area contributed by atoms with Gasteiger partial charge in [0.05, 0.1) is 0 Å². The lowest BCUT2D eigenvalue weighted by Gasteiger charge is -2.39. The number of hydrogen-bond acceptors (Lipinski definition) is 4. The van der Waals surface area contributed by atoms with Crippen molar-refractivity contribution in [2.75, 3.05) is 24.5 Å². The van der Waals surface area contributed by atoms with Gasteiger partial charge in [-0.2, -0.15) is 0 Å². The Morgan fingerprint density at radius 3 is 2.75 bits per heavy atom. The summed E-state index contributed by atoms with van der Waals surface area (Å²) in [5, 5.41) is 0. The molecule has 1 aliphatic heterocycles. The standard InChI is InChI=1S/C12H18N4/c13-5-9-6-16(7-9)12-4-11(14-8-15-12)10-2-1-3-10/h4,8-10H,1-3,5-7,13H2. The minimum Gasteiger partial charge on any atom is -0.356 e. The van der Waals surface area contributed by atoms with Crippen LogP contribution in [0.3, 0.4) is 0 Å². The largest absolute Gasteiger partial charge is 0.356 e. The van der Waals surface area contributed by atoms with Crippen molar-refractivity contribution in [3.05, 3.63) is 18.1 Å². The first-order valence-electron chi connectivity index (χ1n) is 6.14. The molecule has 16 heavy (non-hydrogen) atoms. The highest BCUT2D eigenvalue weighted by Gasteiger charge is 2.28. The monoisotopic (exact) mass is 218 g/mol. The smallest absolute Gasteiger partial charge is 0.132 e. The van der Waals surface area contributed by atoms with Crippen LogP contribution in [0.4, 0.5) is 5.82 Å². The molecule has 1 aliphatic carbocycles. The molecular weight excluding hydrogens is 200 g/mol. The lowest BCUT2D eigenvalue weighted by molar-refractivity contribution is 0.405. The molecule has 2 fully saturated rings. The van der Waals surface area contributed by atoms with Gasteiger partial charge in [0, 0.05) is 36.7 Å². The second-order valence-electron chi connectivity index (χ2n) is 4.94. The molecule has 1 aromatic rings. The van der Waals surface area contributed by atoms with E-state index >= 15 is 0 Å². The zero-order valence-electron chi connectivity index (χ0n) is 9.47. The maximum absolute atomic E-state index is 5.62. The summed E-state index contributed by atoms with van der Waals surface area (Å²) < 4.78 is 0. The molecule has 0 atom stereocenters. The molecule has 4 nitrogen and oxygen atoms in total. The maximum Gasteiger partial charge on any atom is 0.132 e. The fourth-order valence-electron chi connectivity index (χ4n) is 2.37. The molecule has 2 N–H and O–H groups in total. The van der Waals surface area contributed by atoms with Crippen LogP contribution in [0.5, 0.6) is 0 Å². The van der Waals surface area contributed by atoms with Gasteiger partial charge in [0.25, 0.3) is 0 Å². The van der Waals surface area contributed by atoms with E-state index in [2.05, 4.69) is 20.9 Å². The minimum absolute atomic E-state index is 0.655. The van der Waals surface area contributed by atoms with Crippen molar-refractivity contribution >= 4 is 5.82 Å². The first kappa shape index (κ1) is 10.0. The predicted molar refractivity (Wildman–Crippen MR) is 63.4 cm³/mol. The van der Waals surface area contributed by atoms with Gasteiger partial charge in [-0.25, -0.2) is 9.97 Å². The van der Waals surface area contributed by atoms with Gasteiger partial charge in [0.2, 0.25) is 0 Å². The Kier molecular flexibility index (Phi) is 2.52. The molecular formula is C12H18N4. The van der Waals surface area contributed by atoms with Gasteiger partial charge >= 0.3 is 0 Å². The third kappa shape index (κ3) is 1.67. The second-order valence-corrected chi connectivity index (χ2v) is 4.94. The molecule has 0 bridgehead atoms. The Hall–Kier alpha value is -1.16. The van der Waals surface area contributed by atoms with E-state index in [1.54, 1.807) is 6.33 Å². The maximum atomic E-state index is 5.62. The summed E-state index contributed by atoms with van der Waals surface area (Å²) in [5.74, 6) is 2.43. The number of hydrogen-bond donors (Lipinski definition) is 1. The van der Waals surface area contributed by atoms with Crippen LogP contribution in [0, 0.1) is 5.92 Å². The van der Waals surface area contributed by atoms with E-state index in [4.69, 9.17) is 5.73 Å². The Bertz CT molecular complexity index is 369. The zero-order valence-corrected chi connectivity index (χ0v) is 9.47. The average Bonchev–Trinajstić information content (AvgIpc) is 2.14. The molecule has 0 amide bonds. The molecule has 2 aliphatic rings. The average molecular weight is 218 g/mol. The Morgan fingerprint density at radius 2 is 2.12 bits per heavy atom. The summed E-state index contributed by atoms with van der Waals surface area (Å²) >= 11 is 0. The SMILES string of the molecule is NCC1CN(c2cc(C3CCC3)ncn2)C1. The van der Waals surface area contributed by atoms with Crippen LogP contribution in [0.2, 0.25) is 0 Å². The van der Waals surface area contributed by atoms with Crippen LogP contribution in [-0.4, -0.2) is 29.6 Å². The zero-order chi connectivity index (χ0) is 11.0. The highest BCUT2D eigenvalue weighted by Crippen LogP contribution is 2.36. The predicted octanol–water partition coefficient (Wildman–Crippen LogP) is 1.14. The Labute approximate surface area is 95.9 Å². The number of anilines is 1. The molecule has 3 rings (SSSR count). The molecule has 4 heteroatoms. The van der Waals surface area contributed by atoms with Gasteiger partial charge in [-0.05, 0) is 19.4 Å². The van der Waals surface area contributed by atoms with E-state index in [0.717, 1.165) is 25.5 Å². The van der Waals surface area contributed by atoms with Crippen molar-refractivity contribution in [2.45, 2.75) is 25.2 Å². The molecule has 1 aromatic heterocycles. The summed E-state index contributed by atoms with van der Waals surface area (Å²) in [7, 11) is 0. The van der Waals surface area contributed by atoms with E-state index in [-0.39, 0.29) is 0 Å². The number of rotatable bonds is 3. The van der Waals surface area contributed by atoms with Crippen LogP contribution >= 0.6 is 0 Å². The first-order chi connectivity index (χ1) is 7.86. The van der Waals surface area contributed by atoms with Gasteiger partial charge in [0.1, 0.15) is 12.1 Å². The van der Waals surface area contributed by atoms with Crippen molar-refractivity contribution < 1.29 is 0 Å². The highest BCUT2D eigenvalue weighted by molar-refractivity contribution is 5.42. The van der Waals surface area contributed by atoms with Gasteiger partial charge in [-0.1, -0.05) is 6.42 Å². The van der Waals surface area contributed by atoms with Crippen molar-refractivity contribution in [3.8, 4) is 0 Å².